The van der Waals surface area contributed by atoms with Gasteiger partial charge in [0.15, 0.2) is 0 Å². The summed E-state index contributed by atoms with van der Waals surface area (Å²) < 4.78 is 0. The summed E-state index contributed by atoms with van der Waals surface area (Å²) in [5, 5.41) is 13.0. The molecule has 96 valence electrons. The molecule has 0 aliphatic heterocycles. The lowest BCUT2D eigenvalue weighted by Gasteiger charge is -2.20. The van der Waals surface area contributed by atoms with Crippen molar-refractivity contribution in [2.45, 2.75) is 48.8 Å². The predicted molar refractivity (Wildman–Crippen MR) is 76.8 cm³/mol. The van der Waals surface area contributed by atoms with Crippen LogP contribution < -0.4 is 5.32 Å². The van der Waals surface area contributed by atoms with Gasteiger partial charge in [-0.3, -0.25) is 0 Å². The summed E-state index contributed by atoms with van der Waals surface area (Å²) in [7, 11) is 1.90. The first-order valence-electron chi connectivity index (χ1n) is 6.43. The van der Waals surface area contributed by atoms with Crippen molar-refractivity contribution in [2.24, 2.45) is 0 Å². The van der Waals surface area contributed by atoms with Crippen molar-refractivity contribution in [3.8, 4) is 6.07 Å². The molecule has 0 aromatic heterocycles. The third kappa shape index (κ3) is 2.71. The van der Waals surface area contributed by atoms with Crippen LogP contribution in [0.1, 0.15) is 30.4 Å². The van der Waals surface area contributed by atoms with Crippen molar-refractivity contribution < 1.29 is 0 Å². The number of hydrogen-bond donors (Lipinski definition) is 1. The number of thioether (sulfide) groups is 1. The summed E-state index contributed by atoms with van der Waals surface area (Å²) in [5.74, 6) is 0. The second-order valence-electron chi connectivity index (χ2n) is 5.20. The van der Waals surface area contributed by atoms with Gasteiger partial charge in [0, 0.05) is 10.1 Å². The van der Waals surface area contributed by atoms with E-state index >= 15 is 0 Å². The smallest absolute Gasteiger partial charge is 0.107 e. The molecule has 0 spiro atoms. The maximum atomic E-state index is 9.28. The minimum atomic E-state index is -0.296. The molecule has 0 bridgehead atoms. The second kappa shape index (κ2) is 5.34. The Morgan fingerprint density at radius 1 is 1.44 bits per heavy atom. The van der Waals surface area contributed by atoms with Gasteiger partial charge in [-0.2, -0.15) is 5.26 Å². The number of hydrogen-bond acceptors (Lipinski definition) is 3. The Labute approximate surface area is 114 Å². The molecule has 2 atom stereocenters. The Bertz CT molecular complexity index is 478. The average molecular weight is 260 g/mol. The first kappa shape index (κ1) is 13.5. The highest BCUT2D eigenvalue weighted by atomic mass is 32.2. The number of benzene rings is 1. The molecule has 0 saturated heterocycles. The molecule has 1 aliphatic rings. The number of nitrogens with zero attached hydrogens (tertiary/aromatic N) is 1. The first-order valence-corrected chi connectivity index (χ1v) is 7.30. The monoisotopic (exact) mass is 260 g/mol. The molecule has 3 heteroatoms. The third-order valence-electron chi connectivity index (χ3n) is 3.80. The Balaban J connectivity index is 2.08. The summed E-state index contributed by atoms with van der Waals surface area (Å²) in [4.78, 5) is 1.37. The Morgan fingerprint density at radius 3 is 2.83 bits per heavy atom. The van der Waals surface area contributed by atoms with Crippen LogP contribution in [0.5, 0.6) is 0 Å². The highest BCUT2D eigenvalue weighted by molar-refractivity contribution is 8.00. The van der Waals surface area contributed by atoms with Crippen LogP contribution in [0.4, 0.5) is 0 Å². The zero-order valence-electron chi connectivity index (χ0n) is 11.3. The maximum Gasteiger partial charge on any atom is 0.107 e. The van der Waals surface area contributed by atoms with Crippen molar-refractivity contribution in [1.82, 2.24) is 5.32 Å². The number of rotatable bonds is 3. The van der Waals surface area contributed by atoms with Gasteiger partial charge in [0.25, 0.3) is 0 Å². The fourth-order valence-corrected chi connectivity index (χ4v) is 3.97. The van der Waals surface area contributed by atoms with Gasteiger partial charge in [-0.1, -0.05) is 17.7 Å². The predicted octanol–water partition coefficient (Wildman–Crippen LogP) is 3.43. The number of aryl methyl sites for hydroxylation is 2. The van der Waals surface area contributed by atoms with Gasteiger partial charge in [-0.05, 0) is 51.8 Å². The van der Waals surface area contributed by atoms with Gasteiger partial charge in [0.2, 0.25) is 0 Å². The minimum Gasteiger partial charge on any atom is -0.302 e. The normalized spacial score (nSPS) is 27.1. The lowest BCUT2D eigenvalue weighted by molar-refractivity contribution is 0.464. The van der Waals surface area contributed by atoms with E-state index < -0.39 is 0 Å². The fourth-order valence-electron chi connectivity index (χ4n) is 2.50. The molecule has 0 amide bonds. The molecule has 18 heavy (non-hydrogen) atoms. The van der Waals surface area contributed by atoms with Crippen LogP contribution in [0.3, 0.4) is 0 Å². The van der Waals surface area contributed by atoms with Gasteiger partial charge >= 0.3 is 0 Å². The summed E-state index contributed by atoms with van der Waals surface area (Å²) >= 11 is 1.93. The van der Waals surface area contributed by atoms with Crippen molar-refractivity contribution in [1.29, 1.82) is 5.26 Å². The summed E-state index contributed by atoms with van der Waals surface area (Å²) in [5.41, 5.74) is 2.35. The van der Waals surface area contributed by atoms with Gasteiger partial charge in [-0.15, -0.1) is 11.8 Å². The van der Waals surface area contributed by atoms with E-state index in [9.17, 15) is 5.26 Å². The Morgan fingerprint density at radius 2 is 2.22 bits per heavy atom. The topological polar surface area (TPSA) is 35.8 Å². The molecule has 1 N–H and O–H groups in total. The highest BCUT2D eigenvalue weighted by Gasteiger charge is 2.38. The van der Waals surface area contributed by atoms with E-state index in [1.807, 2.05) is 18.8 Å². The van der Waals surface area contributed by atoms with E-state index in [2.05, 4.69) is 43.4 Å². The molecular formula is C15H20N2S. The first-order chi connectivity index (χ1) is 8.58. The standard InChI is InChI=1S/C15H20N2S/c1-11-4-5-12(2)14(8-11)18-13-6-7-15(9-13,10-16)17-3/h4-5,8,13,17H,6-7,9H2,1-3H3. The van der Waals surface area contributed by atoms with Crippen molar-refractivity contribution >= 4 is 11.8 Å². The molecule has 2 nitrogen and oxygen atoms in total. The van der Waals surface area contributed by atoms with E-state index in [0.717, 1.165) is 19.3 Å². The third-order valence-corrected chi connectivity index (χ3v) is 5.23. The van der Waals surface area contributed by atoms with Crippen LogP contribution in [-0.4, -0.2) is 17.8 Å². The zero-order chi connectivity index (χ0) is 13.2. The molecule has 1 saturated carbocycles. The largest absolute Gasteiger partial charge is 0.302 e. The van der Waals surface area contributed by atoms with Crippen molar-refractivity contribution in [2.75, 3.05) is 7.05 Å². The maximum absolute atomic E-state index is 9.28. The van der Waals surface area contributed by atoms with E-state index in [1.54, 1.807) is 0 Å². The lowest BCUT2D eigenvalue weighted by atomic mass is 10.0. The van der Waals surface area contributed by atoms with E-state index in [1.165, 1.54) is 16.0 Å². The van der Waals surface area contributed by atoms with Crippen LogP contribution >= 0.6 is 11.8 Å². The van der Waals surface area contributed by atoms with E-state index in [4.69, 9.17) is 0 Å². The molecule has 2 unspecified atom stereocenters. The molecule has 2 rings (SSSR count). The Hall–Kier alpha value is -0.980. The quantitative estimate of drug-likeness (QED) is 0.904. The molecule has 1 fully saturated rings. The summed E-state index contributed by atoms with van der Waals surface area (Å²) in [6.45, 7) is 4.29. The number of nitrogens with one attached hydrogen (secondary N) is 1. The van der Waals surface area contributed by atoms with Crippen LogP contribution in [0.15, 0.2) is 23.1 Å². The van der Waals surface area contributed by atoms with E-state index in [-0.39, 0.29) is 5.54 Å². The van der Waals surface area contributed by atoms with Crippen LogP contribution in [0.2, 0.25) is 0 Å². The van der Waals surface area contributed by atoms with Gasteiger partial charge in [-0.25, -0.2) is 0 Å². The van der Waals surface area contributed by atoms with Crippen LogP contribution in [0.25, 0.3) is 0 Å². The molecule has 1 aliphatic carbocycles. The molecule has 1 aromatic rings. The average Bonchev–Trinajstić information content (AvgIpc) is 2.78. The molecule has 1 aromatic carbocycles. The van der Waals surface area contributed by atoms with E-state index in [0.29, 0.717) is 5.25 Å². The van der Waals surface area contributed by atoms with Crippen molar-refractivity contribution in [3.05, 3.63) is 29.3 Å². The van der Waals surface area contributed by atoms with Gasteiger partial charge in [0.1, 0.15) is 5.54 Å². The zero-order valence-corrected chi connectivity index (χ0v) is 12.1. The molecule has 0 radical (unpaired) electrons. The van der Waals surface area contributed by atoms with Crippen LogP contribution in [0, 0.1) is 25.2 Å². The number of nitriles is 1. The molecular weight excluding hydrogens is 240 g/mol. The van der Waals surface area contributed by atoms with Gasteiger partial charge in [0.05, 0.1) is 6.07 Å². The fraction of sp³-hybridized carbons (Fsp3) is 0.533. The SMILES string of the molecule is CNC1(C#N)CCC(Sc2cc(C)ccc2C)C1. The molecule has 0 heterocycles. The van der Waals surface area contributed by atoms with Crippen molar-refractivity contribution in [3.63, 3.8) is 0 Å². The van der Waals surface area contributed by atoms with Crippen LogP contribution in [-0.2, 0) is 0 Å². The summed E-state index contributed by atoms with van der Waals surface area (Å²) in [6.07, 6.45) is 3.02. The Kier molecular flexibility index (Phi) is 3.99. The highest BCUT2D eigenvalue weighted by Crippen LogP contribution is 2.40. The second-order valence-corrected chi connectivity index (χ2v) is 6.54. The van der Waals surface area contributed by atoms with Gasteiger partial charge < -0.3 is 5.32 Å². The lowest BCUT2D eigenvalue weighted by Crippen LogP contribution is -2.38. The summed E-state index contributed by atoms with van der Waals surface area (Å²) in [6, 6.07) is 9.04. The minimum absolute atomic E-state index is 0.296.